The number of hydrogen-bond acceptors (Lipinski definition) is 1. The van der Waals surface area contributed by atoms with E-state index in [4.69, 9.17) is 0 Å². The van der Waals surface area contributed by atoms with Crippen LogP contribution in [0.15, 0.2) is 30.5 Å². The minimum atomic E-state index is -0.402. The summed E-state index contributed by atoms with van der Waals surface area (Å²) in [6, 6.07) is 7.96. The van der Waals surface area contributed by atoms with Crippen molar-refractivity contribution in [2.24, 2.45) is 0 Å². The maximum Gasteiger partial charge on any atom is 0.0782 e. The van der Waals surface area contributed by atoms with Gasteiger partial charge in [0, 0.05) is 22.7 Å². The number of para-hydroxylation sites is 1. The van der Waals surface area contributed by atoms with Crippen LogP contribution in [0.5, 0.6) is 0 Å². The van der Waals surface area contributed by atoms with Gasteiger partial charge in [-0.15, -0.1) is 0 Å². The maximum atomic E-state index is 9.39. The molecule has 1 aromatic carbocycles. The summed E-state index contributed by atoms with van der Waals surface area (Å²) in [6.45, 7) is 1.77. The minimum absolute atomic E-state index is 0.402. The fraction of sp³-hybridized carbons (Fsp3) is 0.200. The van der Waals surface area contributed by atoms with Crippen molar-refractivity contribution in [2.45, 2.75) is 13.0 Å². The van der Waals surface area contributed by atoms with Crippen LogP contribution >= 0.6 is 0 Å². The van der Waals surface area contributed by atoms with Crippen molar-refractivity contribution in [3.05, 3.63) is 36.0 Å². The van der Waals surface area contributed by atoms with Crippen LogP contribution in [0.1, 0.15) is 18.6 Å². The number of aromatic nitrogens is 1. The van der Waals surface area contributed by atoms with Crippen LogP contribution < -0.4 is 0 Å². The Bertz CT molecular complexity index is 389. The Morgan fingerprint density at radius 1 is 1.33 bits per heavy atom. The fourth-order valence-electron chi connectivity index (χ4n) is 1.44. The number of fused-ring (bicyclic) bond motifs is 1. The third kappa shape index (κ3) is 1.01. The lowest BCUT2D eigenvalue weighted by molar-refractivity contribution is 0.201. The van der Waals surface area contributed by atoms with Crippen LogP contribution in [0.4, 0.5) is 0 Å². The first kappa shape index (κ1) is 7.37. The van der Waals surface area contributed by atoms with Gasteiger partial charge in [-0.2, -0.15) is 0 Å². The van der Waals surface area contributed by atoms with Crippen LogP contribution in [0, 0.1) is 0 Å². The van der Waals surface area contributed by atoms with Gasteiger partial charge in [-0.25, -0.2) is 0 Å². The first-order valence-electron chi connectivity index (χ1n) is 4.03. The SMILES string of the molecule is CC(O)c1c[nH]c2ccccc12. The zero-order valence-corrected chi connectivity index (χ0v) is 6.91. The summed E-state index contributed by atoms with van der Waals surface area (Å²) in [5, 5.41) is 10.5. The molecule has 2 heteroatoms. The number of aromatic amines is 1. The molecule has 0 spiro atoms. The number of nitrogens with one attached hydrogen (secondary N) is 1. The molecule has 1 heterocycles. The summed E-state index contributed by atoms with van der Waals surface area (Å²) in [5.41, 5.74) is 2.04. The molecule has 0 saturated carbocycles. The topological polar surface area (TPSA) is 36.0 Å². The van der Waals surface area contributed by atoms with E-state index in [0.29, 0.717) is 0 Å². The van der Waals surface area contributed by atoms with Crippen molar-refractivity contribution in [3.63, 3.8) is 0 Å². The minimum Gasteiger partial charge on any atom is -0.389 e. The molecule has 0 fully saturated rings. The Kier molecular flexibility index (Phi) is 1.62. The van der Waals surface area contributed by atoms with Crippen molar-refractivity contribution in [1.29, 1.82) is 0 Å². The smallest absolute Gasteiger partial charge is 0.0782 e. The highest BCUT2D eigenvalue weighted by molar-refractivity contribution is 5.83. The molecular formula is C10H11NO. The second-order valence-corrected chi connectivity index (χ2v) is 2.97. The first-order valence-corrected chi connectivity index (χ1v) is 4.03. The Morgan fingerprint density at radius 2 is 2.08 bits per heavy atom. The number of benzene rings is 1. The van der Waals surface area contributed by atoms with Gasteiger partial charge in [-0.3, -0.25) is 0 Å². The van der Waals surface area contributed by atoms with Crippen molar-refractivity contribution in [2.75, 3.05) is 0 Å². The number of rotatable bonds is 1. The molecule has 0 radical (unpaired) electrons. The fourth-order valence-corrected chi connectivity index (χ4v) is 1.44. The predicted octanol–water partition coefficient (Wildman–Crippen LogP) is 2.22. The van der Waals surface area contributed by atoms with Gasteiger partial charge in [0.25, 0.3) is 0 Å². The molecule has 1 unspecified atom stereocenters. The van der Waals surface area contributed by atoms with Crippen LogP contribution in [0.3, 0.4) is 0 Å². The van der Waals surface area contributed by atoms with Gasteiger partial charge in [0.15, 0.2) is 0 Å². The van der Waals surface area contributed by atoms with E-state index in [1.165, 1.54) is 0 Å². The van der Waals surface area contributed by atoms with Crippen LogP contribution in [0.25, 0.3) is 10.9 Å². The van der Waals surface area contributed by atoms with E-state index >= 15 is 0 Å². The number of H-pyrrole nitrogens is 1. The number of hydrogen-bond donors (Lipinski definition) is 2. The summed E-state index contributed by atoms with van der Waals surface area (Å²) in [6.07, 6.45) is 1.45. The quantitative estimate of drug-likeness (QED) is 0.661. The summed E-state index contributed by atoms with van der Waals surface area (Å²) < 4.78 is 0. The average molecular weight is 161 g/mol. The number of aliphatic hydroxyl groups is 1. The Balaban J connectivity index is 2.70. The van der Waals surface area contributed by atoms with E-state index in [1.807, 2.05) is 30.5 Å². The second kappa shape index (κ2) is 2.64. The maximum absolute atomic E-state index is 9.39. The molecule has 0 amide bonds. The molecule has 2 rings (SSSR count). The molecule has 62 valence electrons. The molecule has 1 aromatic heterocycles. The lowest BCUT2D eigenvalue weighted by Crippen LogP contribution is -1.87. The van der Waals surface area contributed by atoms with Crippen molar-refractivity contribution in [1.82, 2.24) is 4.98 Å². The normalized spacial score (nSPS) is 13.5. The average Bonchev–Trinajstić information content (AvgIpc) is 2.47. The zero-order chi connectivity index (χ0) is 8.55. The highest BCUT2D eigenvalue weighted by Crippen LogP contribution is 2.22. The first-order chi connectivity index (χ1) is 5.79. The molecule has 2 nitrogen and oxygen atoms in total. The van der Waals surface area contributed by atoms with Gasteiger partial charge in [0.05, 0.1) is 6.10 Å². The molecule has 0 saturated heterocycles. The standard InChI is InChI=1S/C10H11NO/c1-7(12)9-6-11-10-5-3-2-4-8(9)10/h2-7,11-12H,1H3. The molecule has 2 N–H and O–H groups in total. The molecule has 0 aliphatic heterocycles. The highest BCUT2D eigenvalue weighted by atomic mass is 16.3. The summed E-state index contributed by atoms with van der Waals surface area (Å²) >= 11 is 0. The Labute approximate surface area is 70.8 Å². The largest absolute Gasteiger partial charge is 0.389 e. The van der Waals surface area contributed by atoms with Crippen LogP contribution in [0.2, 0.25) is 0 Å². The van der Waals surface area contributed by atoms with Gasteiger partial charge in [-0.05, 0) is 13.0 Å². The molecular weight excluding hydrogens is 150 g/mol. The second-order valence-electron chi connectivity index (χ2n) is 2.97. The number of aliphatic hydroxyl groups excluding tert-OH is 1. The third-order valence-electron chi connectivity index (χ3n) is 2.07. The monoisotopic (exact) mass is 161 g/mol. The Morgan fingerprint density at radius 3 is 2.83 bits per heavy atom. The van der Waals surface area contributed by atoms with Crippen molar-refractivity contribution >= 4 is 10.9 Å². The van der Waals surface area contributed by atoms with Crippen LogP contribution in [-0.2, 0) is 0 Å². The molecule has 0 bridgehead atoms. The highest BCUT2D eigenvalue weighted by Gasteiger charge is 2.06. The zero-order valence-electron chi connectivity index (χ0n) is 6.91. The van der Waals surface area contributed by atoms with E-state index in [0.717, 1.165) is 16.5 Å². The summed E-state index contributed by atoms with van der Waals surface area (Å²) in [5.74, 6) is 0. The van der Waals surface area contributed by atoms with E-state index in [9.17, 15) is 5.11 Å². The Hall–Kier alpha value is -1.28. The van der Waals surface area contributed by atoms with E-state index in [1.54, 1.807) is 6.92 Å². The molecule has 0 aliphatic carbocycles. The lowest BCUT2D eigenvalue weighted by Gasteiger charge is -2.00. The third-order valence-corrected chi connectivity index (χ3v) is 2.07. The predicted molar refractivity (Wildman–Crippen MR) is 48.9 cm³/mol. The summed E-state index contributed by atoms with van der Waals surface area (Å²) in [7, 11) is 0. The molecule has 2 aromatic rings. The lowest BCUT2D eigenvalue weighted by atomic mass is 10.1. The van der Waals surface area contributed by atoms with Gasteiger partial charge < -0.3 is 10.1 Å². The van der Waals surface area contributed by atoms with Crippen molar-refractivity contribution < 1.29 is 5.11 Å². The van der Waals surface area contributed by atoms with Crippen molar-refractivity contribution in [3.8, 4) is 0 Å². The van der Waals surface area contributed by atoms with Gasteiger partial charge in [0.1, 0.15) is 0 Å². The van der Waals surface area contributed by atoms with Gasteiger partial charge in [0.2, 0.25) is 0 Å². The van der Waals surface area contributed by atoms with Gasteiger partial charge >= 0.3 is 0 Å². The summed E-state index contributed by atoms with van der Waals surface area (Å²) in [4.78, 5) is 3.11. The van der Waals surface area contributed by atoms with E-state index < -0.39 is 6.10 Å². The van der Waals surface area contributed by atoms with Gasteiger partial charge in [-0.1, -0.05) is 18.2 Å². The molecule has 12 heavy (non-hydrogen) atoms. The van der Waals surface area contributed by atoms with E-state index in [-0.39, 0.29) is 0 Å². The molecule has 0 aliphatic rings. The van der Waals surface area contributed by atoms with E-state index in [2.05, 4.69) is 4.98 Å². The molecule has 1 atom stereocenters. The van der Waals surface area contributed by atoms with Crippen LogP contribution in [-0.4, -0.2) is 10.1 Å².